The number of benzene rings is 2. The molecule has 39 heavy (non-hydrogen) atoms. The van der Waals surface area contributed by atoms with Gasteiger partial charge in [-0.2, -0.15) is 5.26 Å². The van der Waals surface area contributed by atoms with Crippen LogP contribution >= 0.6 is 11.6 Å². The van der Waals surface area contributed by atoms with Crippen LogP contribution in [0, 0.1) is 29.0 Å². The lowest BCUT2D eigenvalue weighted by molar-refractivity contribution is 0.158. The number of nitrogens with zero attached hydrogens (tertiary/aromatic N) is 5. The minimum Gasteiger partial charge on any atom is -0.380 e. The molecule has 0 spiro atoms. The second kappa shape index (κ2) is 9.80. The van der Waals surface area contributed by atoms with E-state index in [0.717, 1.165) is 36.3 Å². The van der Waals surface area contributed by atoms with E-state index in [1.165, 1.54) is 37.8 Å². The first-order valence-electron chi connectivity index (χ1n) is 14.2. The molecule has 0 saturated heterocycles. The summed E-state index contributed by atoms with van der Waals surface area (Å²) in [5.41, 5.74) is 3.24. The molecule has 4 fully saturated rings. The SMILES string of the molecule is [2H][C@@](Nc1cc(Cl)c2ncc(C#N)c(NC3CC4CCC3CC4)c2c1)(c1ccc(F)cc1)c1cn(C2CC2)nn1. The van der Waals surface area contributed by atoms with Gasteiger partial charge in [0.2, 0.25) is 0 Å². The Morgan fingerprint density at radius 3 is 2.62 bits per heavy atom. The van der Waals surface area contributed by atoms with Crippen LogP contribution in [-0.4, -0.2) is 26.0 Å². The number of halogens is 2. The Labute approximate surface area is 232 Å². The molecular weight excluding hydrogens is 513 g/mol. The number of rotatable bonds is 7. The maximum Gasteiger partial charge on any atom is 0.123 e. The van der Waals surface area contributed by atoms with Crippen LogP contribution in [0.5, 0.6) is 0 Å². The maximum absolute atomic E-state index is 13.8. The first-order chi connectivity index (χ1) is 19.4. The van der Waals surface area contributed by atoms with Crippen LogP contribution in [0.4, 0.5) is 15.8 Å². The zero-order valence-electron chi connectivity index (χ0n) is 22.4. The van der Waals surface area contributed by atoms with Crippen molar-refractivity contribution in [1.29, 1.82) is 5.26 Å². The Kier molecular flexibility index (Phi) is 5.83. The fraction of sp³-hybridized carbons (Fsp3) is 0.400. The smallest absolute Gasteiger partial charge is 0.123 e. The van der Waals surface area contributed by atoms with Crippen LogP contribution in [0.25, 0.3) is 10.9 Å². The van der Waals surface area contributed by atoms with Crippen molar-refractivity contribution in [2.24, 2.45) is 11.8 Å². The van der Waals surface area contributed by atoms with Gasteiger partial charge in [0.05, 0.1) is 41.4 Å². The summed E-state index contributed by atoms with van der Waals surface area (Å²) in [7, 11) is 0. The largest absolute Gasteiger partial charge is 0.380 e. The second-order valence-electron chi connectivity index (χ2n) is 11.1. The number of hydrogen-bond acceptors (Lipinski definition) is 6. The summed E-state index contributed by atoms with van der Waals surface area (Å²) in [4.78, 5) is 4.51. The summed E-state index contributed by atoms with van der Waals surface area (Å²) in [6.07, 6.45) is 11.5. The van der Waals surface area contributed by atoms with Gasteiger partial charge in [-0.3, -0.25) is 4.98 Å². The zero-order chi connectivity index (χ0) is 27.4. The van der Waals surface area contributed by atoms with E-state index in [1.54, 1.807) is 35.3 Å². The van der Waals surface area contributed by atoms with E-state index < -0.39 is 6.02 Å². The van der Waals surface area contributed by atoms with Gasteiger partial charge in [-0.1, -0.05) is 41.8 Å². The first kappa shape index (κ1) is 23.2. The van der Waals surface area contributed by atoms with Crippen LogP contribution in [0.15, 0.2) is 48.8 Å². The Morgan fingerprint density at radius 1 is 1.13 bits per heavy atom. The van der Waals surface area contributed by atoms with E-state index in [1.807, 2.05) is 6.07 Å². The summed E-state index contributed by atoms with van der Waals surface area (Å²) < 4.78 is 25.2. The summed E-state index contributed by atoms with van der Waals surface area (Å²) in [6.45, 7) is 0. The molecule has 4 saturated carbocycles. The monoisotopic (exact) mass is 542 g/mol. The average molecular weight is 543 g/mol. The number of nitriles is 1. The Bertz CT molecular complexity index is 1620. The zero-order valence-corrected chi connectivity index (χ0v) is 22.1. The van der Waals surface area contributed by atoms with E-state index in [0.29, 0.717) is 51.0 Å². The van der Waals surface area contributed by atoms with Gasteiger partial charge < -0.3 is 10.6 Å². The molecule has 9 heteroatoms. The molecule has 2 aromatic carbocycles. The van der Waals surface area contributed by atoms with Gasteiger partial charge in [0, 0.05) is 23.3 Å². The molecule has 2 atom stereocenters. The highest BCUT2D eigenvalue weighted by Crippen LogP contribution is 2.44. The summed E-state index contributed by atoms with van der Waals surface area (Å²) in [5, 5.41) is 26.7. The van der Waals surface area contributed by atoms with E-state index >= 15 is 0 Å². The highest BCUT2D eigenvalue weighted by Gasteiger charge is 2.36. The molecule has 0 amide bonds. The van der Waals surface area contributed by atoms with Crippen molar-refractivity contribution in [2.45, 2.75) is 63.0 Å². The number of fused-ring (bicyclic) bond motifs is 4. The molecule has 2 aromatic heterocycles. The van der Waals surface area contributed by atoms with Gasteiger partial charge in [-0.25, -0.2) is 9.07 Å². The molecule has 4 aromatic rings. The third-order valence-electron chi connectivity index (χ3n) is 8.51. The number of pyridine rings is 1. The third kappa shape index (κ3) is 4.70. The molecule has 1 unspecified atom stereocenters. The van der Waals surface area contributed by atoms with Crippen LogP contribution in [0.3, 0.4) is 0 Å². The summed E-state index contributed by atoms with van der Waals surface area (Å²) >= 11 is 6.77. The van der Waals surface area contributed by atoms with Crippen molar-refractivity contribution in [3.05, 3.63) is 76.5 Å². The van der Waals surface area contributed by atoms with Crippen molar-refractivity contribution in [3.8, 4) is 6.07 Å². The van der Waals surface area contributed by atoms with Gasteiger partial charge in [-0.05, 0) is 73.8 Å². The second-order valence-corrected chi connectivity index (χ2v) is 11.5. The van der Waals surface area contributed by atoms with Crippen molar-refractivity contribution in [3.63, 3.8) is 0 Å². The van der Waals surface area contributed by atoms with Gasteiger partial charge in [0.15, 0.2) is 0 Å². The number of anilines is 2. The van der Waals surface area contributed by atoms with Crippen molar-refractivity contribution in [2.75, 3.05) is 10.6 Å². The molecule has 2 heterocycles. The number of aromatic nitrogens is 4. The lowest BCUT2D eigenvalue weighted by Gasteiger charge is -2.43. The first-order valence-corrected chi connectivity index (χ1v) is 14.0. The normalized spacial score (nSPS) is 24.1. The maximum atomic E-state index is 13.8. The van der Waals surface area contributed by atoms with Crippen molar-refractivity contribution < 1.29 is 5.76 Å². The molecular formula is C30H29ClFN7. The van der Waals surface area contributed by atoms with E-state index in [9.17, 15) is 11.0 Å². The quantitative estimate of drug-likeness (QED) is 0.261. The molecule has 198 valence electrons. The number of nitrogens with one attached hydrogen (secondary N) is 2. The minimum absolute atomic E-state index is 0.299. The summed E-state index contributed by atoms with van der Waals surface area (Å²) in [6, 6.07) is 10.8. The van der Waals surface area contributed by atoms with Crippen LogP contribution in [0.2, 0.25) is 5.02 Å². The van der Waals surface area contributed by atoms with Crippen molar-refractivity contribution >= 4 is 33.9 Å². The highest BCUT2D eigenvalue weighted by molar-refractivity contribution is 6.35. The lowest BCUT2D eigenvalue weighted by Crippen LogP contribution is -2.40. The average Bonchev–Trinajstić information content (AvgIpc) is 3.70. The Morgan fingerprint density at radius 2 is 1.92 bits per heavy atom. The summed E-state index contributed by atoms with van der Waals surface area (Å²) in [5.74, 6) is 0.930. The van der Waals surface area contributed by atoms with Crippen molar-refractivity contribution in [1.82, 2.24) is 20.0 Å². The highest BCUT2D eigenvalue weighted by atomic mass is 35.5. The fourth-order valence-electron chi connectivity index (χ4n) is 6.27. The number of hydrogen-bond donors (Lipinski definition) is 2. The van der Waals surface area contributed by atoms with E-state index in [2.05, 4.69) is 32.0 Å². The van der Waals surface area contributed by atoms with Gasteiger partial charge in [0.25, 0.3) is 0 Å². The molecule has 4 aliphatic rings. The lowest BCUT2D eigenvalue weighted by atomic mass is 9.68. The molecule has 7 nitrogen and oxygen atoms in total. The molecule has 4 aliphatic carbocycles. The van der Waals surface area contributed by atoms with Crippen LogP contribution in [0.1, 0.15) is 75.2 Å². The minimum atomic E-state index is -1.58. The predicted octanol–water partition coefficient (Wildman–Crippen LogP) is 7.02. The molecule has 0 radical (unpaired) electrons. The van der Waals surface area contributed by atoms with Gasteiger partial charge in [-0.15, -0.1) is 5.10 Å². The van der Waals surface area contributed by atoms with E-state index in [-0.39, 0.29) is 5.82 Å². The molecule has 8 rings (SSSR count). The molecule has 2 N–H and O–H groups in total. The van der Waals surface area contributed by atoms with Gasteiger partial charge in [0.1, 0.15) is 17.6 Å². The fourth-order valence-corrected chi connectivity index (χ4v) is 6.53. The standard InChI is InChI=1S/C30H29ClFN7/c31-25-13-22(35-29(19-5-7-21(32)8-6-19)27-16-39(38-37-27)23-9-10-23)12-24-28(20(14-33)15-34-30(24)25)36-26-11-17-1-3-18(26)4-2-17/h5-8,12-13,15-18,23,26,29,35H,1-4,9-11H2,(H,34,36)/t17?,18?,26?,29-/m1/s1/i29D. The van der Waals surface area contributed by atoms with E-state index in [4.69, 9.17) is 11.6 Å². The van der Waals surface area contributed by atoms with Crippen LogP contribution < -0.4 is 10.6 Å². The Hall–Kier alpha value is -3.70. The topological polar surface area (TPSA) is 91.5 Å². The predicted molar refractivity (Wildman–Crippen MR) is 149 cm³/mol. The molecule has 2 bridgehead atoms. The van der Waals surface area contributed by atoms with Crippen LogP contribution in [-0.2, 0) is 0 Å². The third-order valence-corrected chi connectivity index (χ3v) is 8.80. The molecule has 0 aliphatic heterocycles. The van der Waals surface area contributed by atoms with Gasteiger partial charge >= 0.3 is 0 Å². The Balaban J connectivity index is 1.31.